The maximum atomic E-state index is 4.49. The van der Waals surface area contributed by atoms with Gasteiger partial charge >= 0.3 is 0 Å². The zero-order chi connectivity index (χ0) is 16.2. The number of rotatable bonds is 4. The smallest absolute Gasteiger partial charge is 0.132 e. The van der Waals surface area contributed by atoms with Crippen molar-refractivity contribution in [3.05, 3.63) is 60.4 Å². The predicted molar refractivity (Wildman–Crippen MR) is 98.6 cm³/mol. The average molecular weight is 318 g/mol. The Hall–Kier alpha value is -2.46. The average Bonchev–Trinajstić information content (AvgIpc) is 2.63. The molecule has 122 valence electrons. The second-order valence-electron chi connectivity index (χ2n) is 6.49. The highest BCUT2D eigenvalue weighted by atomic mass is 15.0. The molecule has 2 N–H and O–H groups in total. The van der Waals surface area contributed by atoms with Crippen molar-refractivity contribution in [2.45, 2.75) is 19.3 Å². The van der Waals surface area contributed by atoms with Crippen LogP contribution in [0.4, 0.5) is 11.6 Å². The van der Waals surface area contributed by atoms with Gasteiger partial charge in [0.15, 0.2) is 0 Å². The van der Waals surface area contributed by atoms with Crippen molar-refractivity contribution in [3.8, 4) is 0 Å². The second-order valence-corrected chi connectivity index (χ2v) is 6.49. The van der Waals surface area contributed by atoms with E-state index in [-0.39, 0.29) is 0 Å². The molecule has 0 amide bonds. The first-order chi connectivity index (χ1) is 11.9. The monoisotopic (exact) mass is 318 g/mol. The standard InChI is InChI=1S/C20H22N4/c1-2-8-22-19(3-1)24-20-13-18-12-16(4-5-17(18)14-23-20)11-15-6-9-21-10-7-15/h1-5,8,12-15,21H,6-7,9-11H2,(H,22,23,24). The predicted octanol–water partition coefficient (Wildman–Crippen LogP) is 3.92. The van der Waals surface area contributed by atoms with Gasteiger partial charge in [-0.2, -0.15) is 0 Å². The van der Waals surface area contributed by atoms with E-state index in [0.29, 0.717) is 0 Å². The van der Waals surface area contributed by atoms with E-state index < -0.39 is 0 Å². The molecular formula is C20H22N4. The molecule has 0 radical (unpaired) electrons. The molecule has 3 aromatic rings. The van der Waals surface area contributed by atoms with Crippen LogP contribution < -0.4 is 10.6 Å². The maximum Gasteiger partial charge on any atom is 0.132 e. The Morgan fingerprint density at radius 2 is 1.88 bits per heavy atom. The van der Waals surface area contributed by atoms with E-state index in [9.17, 15) is 0 Å². The number of piperidine rings is 1. The maximum absolute atomic E-state index is 4.49. The van der Waals surface area contributed by atoms with Crippen LogP contribution in [0.2, 0.25) is 0 Å². The van der Waals surface area contributed by atoms with Crippen molar-refractivity contribution in [1.82, 2.24) is 15.3 Å². The second kappa shape index (κ2) is 6.97. The molecule has 24 heavy (non-hydrogen) atoms. The summed E-state index contributed by atoms with van der Waals surface area (Å²) in [5, 5.41) is 9.11. The summed E-state index contributed by atoms with van der Waals surface area (Å²) in [5.74, 6) is 2.45. The highest BCUT2D eigenvalue weighted by Crippen LogP contribution is 2.23. The molecule has 4 nitrogen and oxygen atoms in total. The van der Waals surface area contributed by atoms with Crippen LogP contribution in [-0.2, 0) is 6.42 Å². The first-order valence-electron chi connectivity index (χ1n) is 8.64. The van der Waals surface area contributed by atoms with Crippen LogP contribution in [0.25, 0.3) is 10.8 Å². The third-order valence-corrected chi connectivity index (χ3v) is 4.69. The number of fused-ring (bicyclic) bond motifs is 1. The fourth-order valence-corrected chi connectivity index (χ4v) is 3.37. The topological polar surface area (TPSA) is 49.8 Å². The first-order valence-corrected chi connectivity index (χ1v) is 8.64. The molecule has 1 aromatic carbocycles. The number of pyridine rings is 2. The molecule has 2 aromatic heterocycles. The van der Waals surface area contributed by atoms with Gasteiger partial charge in [0, 0.05) is 17.8 Å². The third kappa shape index (κ3) is 3.54. The van der Waals surface area contributed by atoms with Crippen LogP contribution in [0.3, 0.4) is 0 Å². The third-order valence-electron chi connectivity index (χ3n) is 4.69. The minimum absolute atomic E-state index is 0.802. The van der Waals surface area contributed by atoms with Gasteiger partial charge in [-0.05, 0) is 67.4 Å². The largest absolute Gasteiger partial charge is 0.325 e. The van der Waals surface area contributed by atoms with Crippen LogP contribution in [0.5, 0.6) is 0 Å². The Morgan fingerprint density at radius 1 is 0.958 bits per heavy atom. The summed E-state index contributed by atoms with van der Waals surface area (Å²) in [6, 6.07) is 14.7. The van der Waals surface area contributed by atoms with Crippen LogP contribution in [-0.4, -0.2) is 23.1 Å². The molecule has 1 aliphatic heterocycles. The number of nitrogens with zero attached hydrogens (tertiary/aromatic N) is 2. The summed E-state index contributed by atoms with van der Waals surface area (Å²) >= 11 is 0. The zero-order valence-corrected chi connectivity index (χ0v) is 13.7. The summed E-state index contributed by atoms with van der Waals surface area (Å²) in [7, 11) is 0. The summed E-state index contributed by atoms with van der Waals surface area (Å²) in [6.07, 6.45) is 7.43. The van der Waals surface area contributed by atoms with Crippen molar-refractivity contribution in [2.75, 3.05) is 18.4 Å². The van der Waals surface area contributed by atoms with E-state index in [0.717, 1.165) is 30.6 Å². The molecule has 1 aliphatic rings. The van der Waals surface area contributed by atoms with Gasteiger partial charge in [0.1, 0.15) is 11.6 Å². The molecule has 0 spiro atoms. The van der Waals surface area contributed by atoms with Crippen molar-refractivity contribution in [1.29, 1.82) is 0 Å². The van der Waals surface area contributed by atoms with Crippen LogP contribution >= 0.6 is 0 Å². The SMILES string of the molecule is c1ccc(Nc2cc3cc(CC4CCNCC4)ccc3cn2)nc1. The Morgan fingerprint density at radius 3 is 2.71 bits per heavy atom. The van der Waals surface area contributed by atoms with Crippen molar-refractivity contribution >= 4 is 22.4 Å². The van der Waals surface area contributed by atoms with E-state index in [4.69, 9.17) is 0 Å². The Labute approximate surface area is 142 Å². The molecule has 0 atom stereocenters. The normalized spacial score (nSPS) is 15.5. The highest BCUT2D eigenvalue weighted by molar-refractivity contribution is 5.85. The zero-order valence-electron chi connectivity index (χ0n) is 13.7. The van der Waals surface area contributed by atoms with E-state index >= 15 is 0 Å². The van der Waals surface area contributed by atoms with E-state index in [1.165, 1.54) is 35.6 Å². The summed E-state index contributed by atoms with van der Waals surface area (Å²) < 4.78 is 0. The minimum Gasteiger partial charge on any atom is -0.325 e. The summed E-state index contributed by atoms with van der Waals surface area (Å²) in [6.45, 7) is 2.31. The number of hydrogen-bond donors (Lipinski definition) is 2. The van der Waals surface area contributed by atoms with Gasteiger partial charge in [-0.1, -0.05) is 24.3 Å². The lowest BCUT2D eigenvalue weighted by Crippen LogP contribution is -2.28. The van der Waals surface area contributed by atoms with Gasteiger partial charge in [-0.3, -0.25) is 0 Å². The lowest BCUT2D eigenvalue weighted by Gasteiger charge is -2.22. The van der Waals surface area contributed by atoms with Crippen molar-refractivity contribution in [2.24, 2.45) is 5.92 Å². The van der Waals surface area contributed by atoms with Gasteiger partial charge < -0.3 is 10.6 Å². The molecule has 0 aliphatic carbocycles. The van der Waals surface area contributed by atoms with Gasteiger partial charge in [0.25, 0.3) is 0 Å². The van der Waals surface area contributed by atoms with Crippen molar-refractivity contribution in [3.63, 3.8) is 0 Å². The molecule has 1 fully saturated rings. The van der Waals surface area contributed by atoms with Crippen molar-refractivity contribution < 1.29 is 0 Å². The lowest BCUT2D eigenvalue weighted by atomic mass is 9.90. The van der Waals surface area contributed by atoms with E-state index in [1.807, 2.05) is 24.4 Å². The highest BCUT2D eigenvalue weighted by Gasteiger charge is 2.13. The summed E-state index contributed by atoms with van der Waals surface area (Å²) in [5.41, 5.74) is 1.42. The quantitative estimate of drug-likeness (QED) is 0.765. The van der Waals surface area contributed by atoms with Gasteiger partial charge in [0.2, 0.25) is 0 Å². The molecule has 0 unspecified atom stereocenters. The fraction of sp³-hybridized carbons (Fsp3) is 0.300. The minimum atomic E-state index is 0.802. The van der Waals surface area contributed by atoms with Gasteiger partial charge in [-0.25, -0.2) is 9.97 Å². The van der Waals surface area contributed by atoms with E-state index in [2.05, 4.69) is 44.9 Å². The number of anilines is 2. The number of nitrogens with one attached hydrogen (secondary N) is 2. The van der Waals surface area contributed by atoms with Crippen LogP contribution in [0.1, 0.15) is 18.4 Å². The van der Waals surface area contributed by atoms with Gasteiger partial charge in [0.05, 0.1) is 0 Å². The molecule has 3 heterocycles. The number of aromatic nitrogens is 2. The lowest BCUT2D eigenvalue weighted by molar-refractivity contribution is 0.373. The Kier molecular flexibility index (Phi) is 4.38. The number of hydrogen-bond acceptors (Lipinski definition) is 4. The molecule has 1 saturated heterocycles. The van der Waals surface area contributed by atoms with E-state index in [1.54, 1.807) is 6.20 Å². The Bertz CT molecular complexity index is 810. The number of benzene rings is 1. The first kappa shape index (κ1) is 15.1. The molecule has 4 heteroatoms. The molecular weight excluding hydrogens is 296 g/mol. The fourth-order valence-electron chi connectivity index (χ4n) is 3.37. The van der Waals surface area contributed by atoms with Gasteiger partial charge in [-0.15, -0.1) is 0 Å². The molecule has 0 bridgehead atoms. The Balaban J connectivity index is 1.55. The molecule has 0 saturated carbocycles. The van der Waals surface area contributed by atoms with Crippen LogP contribution in [0, 0.1) is 5.92 Å². The summed E-state index contributed by atoms with van der Waals surface area (Å²) in [4.78, 5) is 8.78. The molecule has 4 rings (SSSR count). The van der Waals surface area contributed by atoms with Crippen LogP contribution in [0.15, 0.2) is 54.9 Å².